The van der Waals surface area contributed by atoms with Gasteiger partial charge in [-0.3, -0.25) is 4.79 Å². The van der Waals surface area contributed by atoms with E-state index in [4.69, 9.17) is 14.2 Å². The van der Waals surface area contributed by atoms with Crippen molar-refractivity contribution in [2.75, 3.05) is 20.3 Å². The van der Waals surface area contributed by atoms with Gasteiger partial charge in [0.1, 0.15) is 6.61 Å². The van der Waals surface area contributed by atoms with Crippen LogP contribution in [-0.4, -0.2) is 32.1 Å². The number of rotatable bonds is 6. The first-order chi connectivity index (χ1) is 6.10. The lowest BCUT2D eigenvalue weighted by Gasteiger charge is -2.30. The van der Waals surface area contributed by atoms with Crippen LogP contribution in [0.15, 0.2) is 0 Å². The Morgan fingerprint density at radius 1 is 1.38 bits per heavy atom. The summed E-state index contributed by atoms with van der Waals surface area (Å²) in [5, 5.41) is 0. The van der Waals surface area contributed by atoms with Gasteiger partial charge in [-0.05, 0) is 6.92 Å². The van der Waals surface area contributed by atoms with E-state index < -0.39 is 5.79 Å². The third-order valence-corrected chi connectivity index (χ3v) is 1.64. The Bertz CT molecular complexity index is 150. The lowest BCUT2D eigenvalue weighted by Crippen LogP contribution is -2.41. The van der Waals surface area contributed by atoms with E-state index in [1.165, 1.54) is 6.92 Å². The zero-order valence-corrected chi connectivity index (χ0v) is 8.75. The third kappa shape index (κ3) is 4.24. The fourth-order valence-electron chi connectivity index (χ4n) is 1.12. The SMILES string of the molecule is CCOC(CC)(COC)OC(C)=O. The van der Waals surface area contributed by atoms with Crippen molar-refractivity contribution in [1.82, 2.24) is 0 Å². The molecule has 4 heteroatoms. The van der Waals surface area contributed by atoms with E-state index in [2.05, 4.69) is 0 Å². The number of esters is 1. The van der Waals surface area contributed by atoms with Crippen LogP contribution in [0.5, 0.6) is 0 Å². The van der Waals surface area contributed by atoms with Crippen LogP contribution in [0.3, 0.4) is 0 Å². The van der Waals surface area contributed by atoms with E-state index in [0.717, 1.165) is 0 Å². The second-order valence-electron chi connectivity index (χ2n) is 2.72. The number of methoxy groups -OCH3 is 1. The second-order valence-corrected chi connectivity index (χ2v) is 2.72. The molecule has 0 aliphatic rings. The summed E-state index contributed by atoms with van der Waals surface area (Å²) < 4.78 is 15.4. The normalized spacial score (nSPS) is 15.1. The maximum absolute atomic E-state index is 10.8. The quantitative estimate of drug-likeness (QED) is 0.468. The van der Waals surface area contributed by atoms with Crippen molar-refractivity contribution in [2.24, 2.45) is 0 Å². The molecule has 0 aliphatic heterocycles. The summed E-state index contributed by atoms with van der Waals surface area (Å²) in [5.41, 5.74) is 0. The molecule has 0 saturated heterocycles. The molecule has 0 aromatic carbocycles. The number of carbonyl (C=O) groups is 1. The van der Waals surface area contributed by atoms with Gasteiger partial charge in [-0.2, -0.15) is 0 Å². The molecule has 4 nitrogen and oxygen atoms in total. The Hall–Kier alpha value is -0.610. The monoisotopic (exact) mass is 190 g/mol. The predicted molar refractivity (Wildman–Crippen MR) is 48.3 cm³/mol. The van der Waals surface area contributed by atoms with Gasteiger partial charge in [-0.15, -0.1) is 0 Å². The number of ether oxygens (including phenoxy) is 3. The Balaban J connectivity index is 4.33. The molecule has 0 saturated carbocycles. The molecule has 0 aromatic heterocycles. The molecule has 1 atom stereocenters. The summed E-state index contributed by atoms with van der Waals surface area (Å²) in [4.78, 5) is 10.8. The van der Waals surface area contributed by atoms with Gasteiger partial charge in [0.25, 0.3) is 0 Å². The molecule has 0 N–H and O–H groups in total. The van der Waals surface area contributed by atoms with E-state index in [1.54, 1.807) is 7.11 Å². The van der Waals surface area contributed by atoms with Gasteiger partial charge in [0.2, 0.25) is 5.79 Å². The largest absolute Gasteiger partial charge is 0.431 e. The van der Waals surface area contributed by atoms with Gasteiger partial charge in [0.15, 0.2) is 0 Å². The number of hydrogen-bond acceptors (Lipinski definition) is 4. The van der Waals surface area contributed by atoms with E-state index in [-0.39, 0.29) is 12.6 Å². The van der Waals surface area contributed by atoms with E-state index in [1.807, 2.05) is 13.8 Å². The van der Waals surface area contributed by atoms with Crippen molar-refractivity contribution in [2.45, 2.75) is 33.0 Å². The van der Waals surface area contributed by atoms with Gasteiger partial charge in [0.05, 0.1) is 0 Å². The minimum Gasteiger partial charge on any atom is -0.431 e. The van der Waals surface area contributed by atoms with E-state index in [0.29, 0.717) is 13.0 Å². The van der Waals surface area contributed by atoms with E-state index >= 15 is 0 Å². The first kappa shape index (κ1) is 12.4. The molecule has 0 radical (unpaired) electrons. The van der Waals surface area contributed by atoms with Crippen LogP contribution in [0.2, 0.25) is 0 Å². The van der Waals surface area contributed by atoms with Crippen LogP contribution in [0.25, 0.3) is 0 Å². The highest BCUT2D eigenvalue weighted by Gasteiger charge is 2.32. The standard InChI is InChI=1S/C9H18O4/c1-5-9(7-11-4,12-6-2)13-8(3)10/h5-7H2,1-4H3. The maximum atomic E-state index is 10.8. The summed E-state index contributed by atoms with van der Waals surface area (Å²) in [6.07, 6.45) is 0.578. The van der Waals surface area contributed by atoms with Crippen LogP contribution in [0.4, 0.5) is 0 Å². The van der Waals surface area contributed by atoms with Crippen LogP contribution < -0.4 is 0 Å². The van der Waals surface area contributed by atoms with Gasteiger partial charge in [-0.25, -0.2) is 0 Å². The minimum atomic E-state index is -0.907. The zero-order chi connectivity index (χ0) is 10.3. The summed E-state index contributed by atoms with van der Waals surface area (Å²) in [6.45, 7) is 5.85. The van der Waals surface area contributed by atoms with Crippen LogP contribution in [-0.2, 0) is 19.0 Å². The average molecular weight is 190 g/mol. The molecule has 0 aromatic rings. The second kappa shape index (κ2) is 5.94. The molecule has 0 aliphatic carbocycles. The molecule has 0 bridgehead atoms. The molecule has 0 heterocycles. The minimum absolute atomic E-state index is 0.261. The molecule has 1 unspecified atom stereocenters. The summed E-state index contributed by atoms with van der Waals surface area (Å²) >= 11 is 0. The Morgan fingerprint density at radius 2 is 2.00 bits per heavy atom. The first-order valence-electron chi connectivity index (χ1n) is 4.42. The van der Waals surface area contributed by atoms with Gasteiger partial charge in [-0.1, -0.05) is 6.92 Å². The van der Waals surface area contributed by atoms with Crippen molar-refractivity contribution in [1.29, 1.82) is 0 Å². The number of hydrogen-bond donors (Lipinski definition) is 0. The first-order valence-corrected chi connectivity index (χ1v) is 4.42. The van der Waals surface area contributed by atoms with Crippen LogP contribution >= 0.6 is 0 Å². The van der Waals surface area contributed by atoms with Gasteiger partial charge >= 0.3 is 5.97 Å². The third-order valence-electron chi connectivity index (χ3n) is 1.64. The van der Waals surface area contributed by atoms with Crippen molar-refractivity contribution >= 4 is 5.97 Å². The van der Waals surface area contributed by atoms with Crippen LogP contribution in [0, 0.1) is 0 Å². The topological polar surface area (TPSA) is 44.8 Å². The molecule has 78 valence electrons. The summed E-state index contributed by atoms with van der Waals surface area (Å²) in [6, 6.07) is 0. The Kier molecular flexibility index (Phi) is 5.66. The molecule has 0 amide bonds. The highest BCUT2D eigenvalue weighted by molar-refractivity contribution is 5.66. The molecule has 0 spiro atoms. The van der Waals surface area contributed by atoms with Crippen molar-refractivity contribution < 1.29 is 19.0 Å². The fraction of sp³-hybridized carbons (Fsp3) is 0.889. The Morgan fingerprint density at radius 3 is 2.31 bits per heavy atom. The molecule has 13 heavy (non-hydrogen) atoms. The summed E-state index contributed by atoms with van der Waals surface area (Å²) in [5.74, 6) is -1.26. The fourth-order valence-corrected chi connectivity index (χ4v) is 1.12. The zero-order valence-electron chi connectivity index (χ0n) is 8.75. The van der Waals surface area contributed by atoms with Crippen molar-refractivity contribution in [3.63, 3.8) is 0 Å². The highest BCUT2D eigenvalue weighted by atomic mass is 16.7. The van der Waals surface area contributed by atoms with Crippen molar-refractivity contribution in [3.8, 4) is 0 Å². The predicted octanol–water partition coefficient (Wildman–Crippen LogP) is 1.34. The van der Waals surface area contributed by atoms with Gasteiger partial charge < -0.3 is 14.2 Å². The molecule has 0 rings (SSSR count). The summed E-state index contributed by atoms with van der Waals surface area (Å²) in [7, 11) is 1.55. The molecular formula is C9H18O4. The lowest BCUT2D eigenvalue weighted by atomic mass is 10.2. The lowest BCUT2D eigenvalue weighted by molar-refractivity contribution is -0.247. The number of carbonyl (C=O) groups excluding carboxylic acids is 1. The molecular weight excluding hydrogens is 172 g/mol. The smallest absolute Gasteiger partial charge is 0.305 e. The average Bonchev–Trinajstić information content (AvgIpc) is 2.04. The highest BCUT2D eigenvalue weighted by Crippen LogP contribution is 2.18. The molecule has 0 fully saturated rings. The maximum Gasteiger partial charge on any atom is 0.305 e. The van der Waals surface area contributed by atoms with Crippen molar-refractivity contribution in [3.05, 3.63) is 0 Å². The Labute approximate surface area is 79.2 Å². The van der Waals surface area contributed by atoms with Crippen LogP contribution in [0.1, 0.15) is 27.2 Å². The van der Waals surface area contributed by atoms with E-state index in [9.17, 15) is 4.79 Å². The van der Waals surface area contributed by atoms with Gasteiger partial charge in [0, 0.05) is 27.1 Å².